The van der Waals surface area contributed by atoms with Gasteiger partial charge in [0.05, 0.1) is 16.4 Å². The van der Waals surface area contributed by atoms with Crippen molar-refractivity contribution in [1.29, 1.82) is 0 Å². The van der Waals surface area contributed by atoms with Crippen molar-refractivity contribution in [2.24, 2.45) is 7.05 Å². The van der Waals surface area contributed by atoms with Gasteiger partial charge in [0.2, 0.25) is 0 Å². The zero-order valence-electron chi connectivity index (χ0n) is 11.5. The van der Waals surface area contributed by atoms with Gasteiger partial charge in [-0.2, -0.15) is 5.10 Å². The number of halogens is 1. The van der Waals surface area contributed by atoms with Crippen LogP contribution < -0.4 is 5.32 Å². The quantitative estimate of drug-likeness (QED) is 0.768. The van der Waals surface area contributed by atoms with E-state index < -0.39 is 0 Å². The van der Waals surface area contributed by atoms with Crippen LogP contribution in [0.2, 0.25) is 5.02 Å². The zero-order valence-corrected chi connectivity index (χ0v) is 12.3. The summed E-state index contributed by atoms with van der Waals surface area (Å²) >= 11 is 6.30. The molecule has 0 aliphatic heterocycles. The first kappa shape index (κ1) is 13.8. The summed E-state index contributed by atoms with van der Waals surface area (Å²) in [5, 5.41) is 8.68. The van der Waals surface area contributed by atoms with E-state index in [2.05, 4.69) is 29.3 Å². The maximum atomic E-state index is 6.30. The average Bonchev–Trinajstić information content (AvgIpc) is 3.15. The zero-order chi connectivity index (χ0) is 13.1. The van der Waals surface area contributed by atoms with E-state index in [-0.39, 0.29) is 0 Å². The van der Waals surface area contributed by atoms with Gasteiger partial charge >= 0.3 is 0 Å². The van der Waals surface area contributed by atoms with Crippen LogP contribution in [0.3, 0.4) is 0 Å². The lowest BCUT2D eigenvalue weighted by Crippen LogP contribution is -2.30. The van der Waals surface area contributed by atoms with Gasteiger partial charge in [-0.05, 0) is 26.3 Å². The number of hydrogen-bond donors (Lipinski definition) is 1. The van der Waals surface area contributed by atoms with Gasteiger partial charge in [0.25, 0.3) is 0 Å². The SMILES string of the molecule is CCc1nn(C)c(CNCCN(C)C2CC2)c1Cl. The summed E-state index contributed by atoms with van der Waals surface area (Å²) in [7, 11) is 4.16. The fourth-order valence-electron chi connectivity index (χ4n) is 2.17. The molecule has 5 heteroatoms. The Balaban J connectivity index is 1.77. The maximum Gasteiger partial charge on any atom is 0.0863 e. The van der Waals surface area contributed by atoms with E-state index in [0.717, 1.165) is 48.5 Å². The fraction of sp³-hybridized carbons (Fsp3) is 0.769. The largest absolute Gasteiger partial charge is 0.310 e. The molecule has 1 N–H and O–H groups in total. The lowest BCUT2D eigenvalue weighted by Gasteiger charge is -2.15. The van der Waals surface area contributed by atoms with Gasteiger partial charge in [0, 0.05) is 32.7 Å². The number of nitrogens with one attached hydrogen (secondary N) is 1. The molecule has 1 aromatic rings. The second-order valence-corrected chi connectivity index (χ2v) is 5.45. The van der Waals surface area contributed by atoms with Crippen molar-refractivity contribution in [3.63, 3.8) is 0 Å². The Hall–Kier alpha value is -0.580. The van der Waals surface area contributed by atoms with Crippen LogP contribution >= 0.6 is 11.6 Å². The van der Waals surface area contributed by atoms with Gasteiger partial charge in [0.1, 0.15) is 0 Å². The molecule has 1 saturated carbocycles. The summed E-state index contributed by atoms with van der Waals surface area (Å²) in [6.45, 7) is 4.97. The van der Waals surface area contributed by atoms with Gasteiger partial charge in [-0.3, -0.25) is 4.68 Å². The van der Waals surface area contributed by atoms with Crippen LogP contribution in [0.4, 0.5) is 0 Å². The first-order valence-electron chi connectivity index (χ1n) is 6.74. The van der Waals surface area contributed by atoms with E-state index in [1.54, 1.807) is 0 Å². The van der Waals surface area contributed by atoms with E-state index in [1.165, 1.54) is 12.8 Å². The molecule has 0 atom stereocenters. The van der Waals surface area contributed by atoms with Crippen LogP contribution in [0, 0.1) is 0 Å². The van der Waals surface area contributed by atoms with Crippen molar-refractivity contribution in [3.05, 3.63) is 16.4 Å². The van der Waals surface area contributed by atoms with E-state index in [1.807, 2.05) is 11.7 Å². The Morgan fingerprint density at radius 2 is 2.22 bits per heavy atom. The summed E-state index contributed by atoms with van der Waals surface area (Å²) in [6, 6.07) is 0.832. The molecule has 0 amide bonds. The number of likely N-dealkylation sites (N-methyl/N-ethyl adjacent to an activating group) is 1. The van der Waals surface area contributed by atoms with E-state index in [0.29, 0.717) is 0 Å². The average molecular weight is 271 g/mol. The van der Waals surface area contributed by atoms with Crippen LogP contribution in [-0.4, -0.2) is 40.9 Å². The summed E-state index contributed by atoms with van der Waals surface area (Å²) < 4.78 is 1.89. The fourth-order valence-corrected chi connectivity index (χ4v) is 2.53. The molecule has 102 valence electrons. The molecule has 0 unspecified atom stereocenters. The normalized spacial score (nSPS) is 15.6. The van der Waals surface area contributed by atoms with Crippen LogP contribution in [0.5, 0.6) is 0 Å². The lowest BCUT2D eigenvalue weighted by atomic mass is 10.3. The second-order valence-electron chi connectivity index (χ2n) is 5.07. The Morgan fingerprint density at radius 1 is 1.50 bits per heavy atom. The Bertz CT molecular complexity index is 398. The van der Waals surface area contributed by atoms with Gasteiger partial charge < -0.3 is 10.2 Å². The summed E-state index contributed by atoms with van der Waals surface area (Å²) in [5.74, 6) is 0. The van der Waals surface area contributed by atoms with Crippen molar-refractivity contribution in [2.75, 3.05) is 20.1 Å². The van der Waals surface area contributed by atoms with Crippen molar-refractivity contribution < 1.29 is 0 Å². The molecule has 4 nitrogen and oxygen atoms in total. The lowest BCUT2D eigenvalue weighted by molar-refractivity contribution is 0.321. The monoisotopic (exact) mass is 270 g/mol. The van der Waals surface area contributed by atoms with Crippen LogP contribution in [0.15, 0.2) is 0 Å². The highest BCUT2D eigenvalue weighted by Gasteiger charge is 2.25. The number of rotatable bonds is 7. The molecule has 0 spiro atoms. The van der Waals surface area contributed by atoms with Crippen molar-refractivity contribution in [2.45, 2.75) is 38.8 Å². The van der Waals surface area contributed by atoms with Crippen LogP contribution in [0.1, 0.15) is 31.2 Å². The van der Waals surface area contributed by atoms with Gasteiger partial charge in [-0.25, -0.2) is 0 Å². The Kier molecular flexibility index (Phi) is 4.65. The van der Waals surface area contributed by atoms with E-state index in [4.69, 9.17) is 11.6 Å². The van der Waals surface area contributed by atoms with Crippen molar-refractivity contribution in [3.8, 4) is 0 Å². The molecule has 1 aliphatic rings. The van der Waals surface area contributed by atoms with Gasteiger partial charge in [-0.15, -0.1) is 0 Å². The molecule has 0 saturated heterocycles. The number of aryl methyl sites for hydroxylation is 2. The molecule has 1 aromatic heterocycles. The first-order chi connectivity index (χ1) is 8.63. The standard InChI is InChI=1S/C13H23ClN4/c1-4-11-13(14)12(18(3)16-11)9-15-7-8-17(2)10-5-6-10/h10,15H,4-9H2,1-3H3. The van der Waals surface area contributed by atoms with Gasteiger partial charge in [0.15, 0.2) is 0 Å². The van der Waals surface area contributed by atoms with Crippen LogP contribution in [0.25, 0.3) is 0 Å². The van der Waals surface area contributed by atoms with Gasteiger partial charge in [-0.1, -0.05) is 18.5 Å². The molecule has 1 heterocycles. The molecule has 0 radical (unpaired) electrons. The maximum absolute atomic E-state index is 6.30. The Morgan fingerprint density at radius 3 is 2.78 bits per heavy atom. The van der Waals surface area contributed by atoms with E-state index >= 15 is 0 Å². The van der Waals surface area contributed by atoms with E-state index in [9.17, 15) is 0 Å². The van der Waals surface area contributed by atoms with Crippen molar-refractivity contribution in [1.82, 2.24) is 20.0 Å². The predicted octanol–water partition coefficient (Wildman–Crippen LogP) is 1.82. The van der Waals surface area contributed by atoms with Crippen molar-refractivity contribution >= 4 is 11.6 Å². The molecular formula is C13H23ClN4. The predicted molar refractivity (Wildman–Crippen MR) is 75.0 cm³/mol. The minimum atomic E-state index is 0.793. The molecule has 2 rings (SSSR count). The third kappa shape index (κ3) is 3.25. The molecular weight excluding hydrogens is 248 g/mol. The molecule has 18 heavy (non-hydrogen) atoms. The smallest absolute Gasteiger partial charge is 0.0863 e. The minimum absolute atomic E-state index is 0.793. The van der Waals surface area contributed by atoms with Crippen LogP contribution in [-0.2, 0) is 20.0 Å². The summed E-state index contributed by atoms with van der Waals surface area (Å²) in [4.78, 5) is 2.43. The Labute approximate surface area is 114 Å². The summed E-state index contributed by atoms with van der Waals surface area (Å²) in [6.07, 6.45) is 3.62. The molecule has 0 bridgehead atoms. The third-order valence-corrected chi connectivity index (χ3v) is 4.04. The third-order valence-electron chi connectivity index (χ3n) is 3.61. The topological polar surface area (TPSA) is 33.1 Å². The number of aromatic nitrogens is 2. The highest BCUT2D eigenvalue weighted by Crippen LogP contribution is 2.24. The number of hydrogen-bond acceptors (Lipinski definition) is 3. The summed E-state index contributed by atoms with van der Waals surface area (Å²) in [5.41, 5.74) is 2.08. The molecule has 1 aliphatic carbocycles. The number of nitrogens with zero attached hydrogens (tertiary/aromatic N) is 3. The minimum Gasteiger partial charge on any atom is -0.310 e. The first-order valence-corrected chi connectivity index (χ1v) is 7.12. The highest BCUT2D eigenvalue weighted by molar-refractivity contribution is 6.31. The molecule has 1 fully saturated rings. The highest BCUT2D eigenvalue weighted by atomic mass is 35.5. The second kappa shape index (κ2) is 6.04. The molecule has 0 aromatic carbocycles.